The second kappa shape index (κ2) is 8.66. The van der Waals surface area contributed by atoms with Gasteiger partial charge < -0.3 is 20.1 Å². The van der Waals surface area contributed by atoms with Crippen LogP contribution >= 0.6 is 0 Å². The summed E-state index contributed by atoms with van der Waals surface area (Å²) in [6.45, 7) is 2.12. The monoisotopic (exact) mass is 364 g/mol. The molecule has 27 heavy (non-hydrogen) atoms. The van der Waals surface area contributed by atoms with Crippen LogP contribution in [-0.2, 0) is 4.74 Å². The summed E-state index contributed by atoms with van der Waals surface area (Å²) >= 11 is 0. The van der Waals surface area contributed by atoms with E-state index in [4.69, 9.17) is 9.47 Å². The summed E-state index contributed by atoms with van der Waals surface area (Å²) in [6.07, 6.45) is 1.66. The van der Waals surface area contributed by atoms with E-state index in [1.165, 1.54) is 0 Å². The van der Waals surface area contributed by atoms with Gasteiger partial charge in [0, 0.05) is 23.6 Å². The van der Waals surface area contributed by atoms with E-state index in [0.29, 0.717) is 23.9 Å². The zero-order chi connectivity index (χ0) is 19.1. The smallest absolute Gasteiger partial charge is 0.338 e. The maximum atomic E-state index is 11.7. The Kier molecular flexibility index (Phi) is 5.84. The first-order valence-electron chi connectivity index (χ1n) is 8.46. The number of carbonyl (C=O) groups is 1. The van der Waals surface area contributed by atoms with Crippen LogP contribution in [0.4, 0.5) is 23.1 Å². The molecule has 7 heteroatoms. The van der Waals surface area contributed by atoms with E-state index >= 15 is 0 Å². The normalized spacial score (nSPS) is 10.1. The van der Waals surface area contributed by atoms with Crippen molar-refractivity contribution in [1.82, 2.24) is 9.97 Å². The molecule has 3 aromatic rings. The van der Waals surface area contributed by atoms with E-state index in [0.717, 1.165) is 17.1 Å². The molecule has 3 rings (SSSR count). The minimum Gasteiger partial charge on any atom is -0.497 e. The molecule has 1 aromatic heterocycles. The van der Waals surface area contributed by atoms with Gasteiger partial charge in [0.1, 0.15) is 11.6 Å². The van der Waals surface area contributed by atoms with Gasteiger partial charge in [0.05, 0.1) is 19.3 Å². The largest absolute Gasteiger partial charge is 0.497 e. The third-order valence-electron chi connectivity index (χ3n) is 3.65. The van der Waals surface area contributed by atoms with E-state index in [9.17, 15) is 4.79 Å². The fraction of sp³-hybridized carbons (Fsp3) is 0.150. The highest BCUT2D eigenvalue weighted by atomic mass is 16.5. The molecule has 0 unspecified atom stereocenters. The molecule has 0 aliphatic heterocycles. The second-order valence-corrected chi connectivity index (χ2v) is 5.55. The summed E-state index contributed by atoms with van der Waals surface area (Å²) < 4.78 is 10.2. The summed E-state index contributed by atoms with van der Waals surface area (Å²) in [5.74, 6) is 1.49. The zero-order valence-corrected chi connectivity index (χ0v) is 15.1. The predicted molar refractivity (Wildman–Crippen MR) is 104 cm³/mol. The lowest BCUT2D eigenvalue weighted by atomic mass is 10.2. The zero-order valence-electron chi connectivity index (χ0n) is 15.1. The van der Waals surface area contributed by atoms with Gasteiger partial charge >= 0.3 is 5.97 Å². The van der Waals surface area contributed by atoms with E-state index < -0.39 is 0 Å². The Morgan fingerprint density at radius 3 is 2.59 bits per heavy atom. The number of aromatic nitrogens is 2. The molecule has 0 fully saturated rings. The fourth-order valence-electron chi connectivity index (χ4n) is 2.37. The first-order valence-corrected chi connectivity index (χ1v) is 8.46. The van der Waals surface area contributed by atoms with Crippen LogP contribution in [0, 0.1) is 0 Å². The van der Waals surface area contributed by atoms with Crippen molar-refractivity contribution in [3.63, 3.8) is 0 Å². The van der Waals surface area contributed by atoms with Crippen LogP contribution in [0.3, 0.4) is 0 Å². The summed E-state index contributed by atoms with van der Waals surface area (Å²) in [5.41, 5.74) is 2.12. The summed E-state index contributed by atoms with van der Waals surface area (Å²) in [7, 11) is 1.62. The highest BCUT2D eigenvalue weighted by molar-refractivity contribution is 5.89. The molecule has 0 bridgehead atoms. The molecular weight excluding hydrogens is 344 g/mol. The molecule has 138 valence electrons. The third kappa shape index (κ3) is 4.94. The van der Waals surface area contributed by atoms with E-state index in [1.807, 2.05) is 24.3 Å². The van der Waals surface area contributed by atoms with Gasteiger partial charge in [0.2, 0.25) is 5.95 Å². The Morgan fingerprint density at radius 2 is 1.85 bits per heavy atom. The van der Waals surface area contributed by atoms with Gasteiger partial charge in [-0.15, -0.1) is 0 Å². The van der Waals surface area contributed by atoms with Crippen LogP contribution in [0.15, 0.2) is 60.8 Å². The van der Waals surface area contributed by atoms with Crippen LogP contribution in [0.1, 0.15) is 17.3 Å². The van der Waals surface area contributed by atoms with E-state index in [2.05, 4.69) is 20.6 Å². The van der Waals surface area contributed by atoms with Gasteiger partial charge in [-0.2, -0.15) is 4.98 Å². The fourth-order valence-corrected chi connectivity index (χ4v) is 2.37. The minimum atomic E-state index is -0.343. The number of rotatable bonds is 7. The number of methoxy groups -OCH3 is 1. The lowest BCUT2D eigenvalue weighted by Crippen LogP contribution is -2.05. The quantitative estimate of drug-likeness (QED) is 0.609. The number of carbonyl (C=O) groups excluding carboxylic acids is 1. The number of nitrogens with one attached hydrogen (secondary N) is 2. The lowest BCUT2D eigenvalue weighted by Gasteiger charge is -2.10. The minimum absolute atomic E-state index is 0.343. The number of nitrogens with zero attached hydrogens (tertiary/aromatic N) is 2. The average molecular weight is 364 g/mol. The van der Waals surface area contributed by atoms with Gasteiger partial charge in [-0.05, 0) is 49.4 Å². The van der Waals surface area contributed by atoms with Gasteiger partial charge in [-0.1, -0.05) is 6.07 Å². The molecule has 1 heterocycles. The SMILES string of the molecule is CCOC(=O)c1ccc(Nc2nccc(Nc3cccc(OC)c3)n2)cc1. The summed E-state index contributed by atoms with van der Waals surface area (Å²) in [4.78, 5) is 20.4. The number of esters is 1. The first kappa shape index (κ1) is 18.2. The average Bonchev–Trinajstić information content (AvgIpc) is 2.69. The topological polar surface area (TPSA) is 85.4 Å². The van der Waals surface area contributed by atoms with E-state index in [-0.39, 0.29) is 5.97 Å². The van der Waals surface area contributed by atoms with Crippen LogP contribution in [-0.4, -0.2) is 29.7 Å². The first-order chi connectivity index (χ1) is 13.2. The molecule has 0 saturated carbocycles. The maximum Gasteiger partial charge on any atom is 0.338 e. The van der Waals surface area contributed by atoms with Gasteiger partial charge in [-0.3, -0.25) is 0 Å². The van der Waals surface area contributed by atoms with Gasteiger partial charge in [0.15, 0.2) is 0 Å². The number of hydrogen-bond acceptors (Lipinski definition) is 7. The molecule has 2 aromatic carbocycles. The second-order valence-electron chi connectivity index (χ2n) is 5.55. The van der Waals surface area contributed by atoms with Gasteiger partial charge in [-0.25, -0.2) is 9.78 Å². The number of anilines is 4. The number of ether oxygens (including phenoxy) is 2. The van der Waals surface area contributed by atoms with Crippen molar-refractivity contribution in [2.45, 2.75) is 6.92 Å². The van der Waals surface area contributed by atoms with Crippen molar-refractivity contribution < 1.29 is 14.3 Å². The standard InChI is InChI=1S/C20H20N4O3/c1-3-27-19(25)14-7-9-15(10-8-14)23-20-21-12-11-18(24-20)22-16-5-4-6-17(13-16)26-2/h4-13H,3H2,1-2H3,(H2,21,22,23,24). The molecule has 0 aliphatic rings. The molecule has 7 nitrogen and oxygen atoms in total. The highest BCUT2D eigenvalue weighted by Gasteiger charge is 2.06. The lowest BCUT2D eigenvalue weighted by molar-refractivity contribution is 0.0526. The Bertz CT molecular complexity index is 913. The molecular formula is C20H20N4O3. The van der Waals surface area contributed by atoms with Crippen LogP contribution in [0.25, 0.3) is 0 Å². The Morgan fingerprint density at radius 1 is 1.04 bits per heavy atom. The summed E-state index contributed by atoms with van der Waals surface area (Å²) in [6, 6.07) is 16.3. The highest BCUT2D eigenvalue weighted by Crippen LogP contribution is 2.21. The number of hydrogen-bond donors (Lipinski definition) is 2. The van der Waals surface area contributed by atoms with Crippen LogP contribution < -0.4 is 15.4 Å². The van der Waals surface area contributed by atoms with Crippen LogP contribution in [0.2, 0.25) is 0 Å². The molecule has 0 atom stereocenters. The predicted octanol–water partition coefficient (Wildman–Crippen LogP) is 4.15. The van der Waals surface area contributed by atoms with Crippen molar-refractivity contribution in [1.29, 1.82) is 0 Å². The van der Waals surface area contributed by atoms with E-state index in [1.54, 1.807) is 50.6 Å². The van der Waals surface area contributed by atoms with Crippen molar-refractivity contribution in [2.24, 2.45) is 0 Å². The molecule has 2 N–H and O–H groups in total. The van der Waals surface area contributed by atoms with Gasteiger partial charge in [0.25, 0.3) is 0 Å². The molecule has 0 radical (unpaired) electrons. The Balaban J connectivity index is 1.69. The van der Waals surface area contributed by atoms with Crippen molar-refractivity contribution >= 4 is 29.1 Å². The summed E-state index contributed by atoms with van der Waals surface area (Å²) in [5, 5.41) is 6.32. The van der Waals surface area contributed by atoms with Crippen molar-refractivity contribution in [3.05, 3.63) is 66.4 Å². The molecule has 0 aliphatic carbocycles. The van der Waals surface area contributed by atoms with Crippen molar-refractivity contribution in [3.8, 4) is 5.75 Å². The Hall–Kier alpha value is -3.61. The van der Waals surface area contributed by atoms with Crippen molar-refractivity contribution in [2.75, 3.05) is 24.4 Å². The molecule has 0 amide bonds. The molecule has 0 spiro atoms. The third-order valence-corrected chi connectivity index (χ3v) is 3.65. The molecule has 0 saturated heterocycles. The maximum absolute atomic E-state index is 11.7. The van der Waals surface area contributed by atoms with Crippen LogP contribution in [0.5, 0.6) is 5.75 Å². The number of benzene rings is 2. The Labute approximate surface area is 157 Å².